The maximum atomic E-state index is 12.3. The van der Waals surface area contributed by atoms with E-state index in [1.54, 1.807) is 6.07 Å². The summed E-state index contributed by atoms with van der Waals surface area (Å²) in [6, 6.07) is 2.36. The first kappa shape index (κ1) is 14.4. The van der Waals surface area contributed by atoms with E-state index in [9.17, 15) is 9.59 Å². The Hall–Kier alpha value is -2.06. The molecule has 106 valence electrons. The molecule has 4 N–H and O–H groups in total. The molecule has 1 fully saturated rings. The molecule has 0 spiro atoms. The normalized spacial score (nSPS) is 18.6. The van der Waals surface area contributed by atoms with Crippen LogP contribution in [0.1, 0.15) is 16.1 Å². The van der Waals surface area contributed by atoms with Crippen molar-refractivity contribution in [3.05, 3.63) is 29.6 Å². The van der Waals surface area contributed by atoms with Gasteiger partial charge in [-0.15, -0.1) is 0 Å². The number of primary amides is 1. The van der Waals surface area contributed by atoms with Crippen LogP contribution in [0.4, 0.5) is 0 Å². The number of pyridine rings is 1. The summed E-state index contributed by atoms with van der Waals surface area (Å²) < 4.78 is 5.16. The Balaban J connectivity index is 2.20. The summed E-state index contributed by atoms with van der Waals surface area (Å²) in [4.78, 5) is 29.3. The molecule has 1 aromatic heterocycles. The first-order chi connectivity index (χ1) is 9.50. The van der Waals surface area contributed by atoms with Crippen molar-refractivity contribution < 1.29 is 14.3 Å². The summed E-state index contributed by atoms with van der Waals surface area (Å²) in [5, 5.41) is 0. The lowest BCUT2D eigenvalue weighted by atomic mass is 10.2. The number of morpholine rings is 1. The number of nitrogens with two attached hydrogens (primary N) is 2. The molecule has 0 bridgehead atoms. The molecule has 1 aliphatic rings. The fourth-order valence-corrected chi connectivity index (χ4v) is 2.02. The summed E-state index contributed by atoms with van der Waals surface area (Å²) in [7, 11) is 0. The summed E-state index contributed by atoms with van der Waals surface area (Å²) in [6.07, 6.45) is 1.43. The van der Waals surface area contributed by atoms with Crippen LogP contribution in [0.3, 0.4) is 0 Å². The highest BCUT2D eigenvalue weighted by Gasteiger charge is 2.32. The van der Waals surface area contributed by atoms with Crippen molar-refractivity contribution in [2.75, 3.05) is 19.8 Å². The Morgan fingerprint density at radius 1 is 1.40 bits per heavy atom. The summed E-state index contributed by atoms with van der Waals surface area (Å²) in [6.45, 7) is 0.762. The van der Waals surface area contributed by atoms with Crippen molar-refractivity contribution in [2.24, 2.45) is 11.5 Å². The number of amides is 2. The highest BCUT2D eigenvalue weighted by Crippen LogP contribution is 2.11. The largest absolute Gasteiger partial charge is 0.389 e. The summed E-state index contributed by atoms with van der Waals surface area (Å²) >= 11 is 4.81. The molecule has 2 amide bonds. The van der Waals surface area contributed by atoms with Crippen molar-refractivity contribution >= 4 is 29.0 Å². The quantitative estimate of drug-likeness (QED) is 0.695. The first-order valence-corrected chi connectivity index (χ1v) is 6.35. The van der Waals surface area contributed by atoms with Gasteiger partial charge in [0.1, 0.15) is 16.7 Å². The SMILES string of the molecule is NC(=O)C1COCCN1C(=O)c1ccc(C(N)=S)cn1. The predicted octanol–water partition coefficient (Wildman–Crippen LogP) is -0.958. The zero-order valence-electron chi connectivity index (χ0n) is 10.6. The predicted molar refractivity (Wildman–Crippen MR) is 75.0 cm³/mol. The lowest BCUT2D eigenvalue weighted by molar-refractivity contribution is -0.127. The molecule has 1 aliphatic heterocycles. The molecular formula is C12H14N4O3S. The van der Waals surface area contributed by atoms with Gasteiger partial charge in [-0.2, -0.15) is 0 Å². The summed E-state index contributed by atoms with van der Waals surface area (Å²) in [5.41, 5.74) is 11.5. The molecule has 7 nitrogen and oxygen atoms in total. The molecule has 2 rings (SSSR count). The molecule has 1 aromatic rings. The van der Waals surface area contributed by atoms with Crippen molar-refractivity contribution in [2.45, 2.75) is 6.04 Å². The van der Waals surface area contributed by atoms with Crippen LogP contribution in [-0.2, 0) is 9.53 Å². The Bertz CT molecular complexity index is 546. The van der Waals surface area contributed by atoms with Crippen LogP contribution >= 0.6 is 12.2 Å². The number of aromatic nitrogens is 1. The molecule has 0 radical (unpaired) electrons. The van der Waals surface area contributed by atoms with Gasteiger partial charge in [0.2, 0.25) is 5.91 Å². The number of hydrogen-bond acceptors (Lipinski definition) is 5. The monoisotopic (exact) mass is 294 g/mol. The van der Waals surface area contributed by atoms with Crippen molar-refractivity contribution in [1.82, 2.24) is 9.88 Å². The topological polar surface area (TPSA) is 112 Å². The van der Waals surface area contributed by atoms with Gasteiger partial charge in [-0.1, -0.05) is 12.2 Å². The van der Waals surface area contributed by atoms with Crippen molar-refractivity contribution in [3.8, 4) is 0 Å². The maximum absolute atomic E-state index is 12.3. The van der Waals surface area contributed by atoms with Crippen LogP contribution in [0.2, 0.25) is 0 Å². The van der Waals surface area contributed by atoms with E-state index in [0.717, 1.165) is 0 Å². The zero-order chi connectivity index (χ0) is 14.7. The molecule has 8 heteroatoms. The molecule has 1 unspecified atom stereocenters. The molecule has 0 aliphatic carbocycles. The number of rotatable bonds is 3. The molecule has 0 aromatic carbocycles. The van der Waals surface area contributed by atoms with Gasteiger partial charge in [-0.25, -0.2) is 0 Å². The number of carbonyl (C=O) groups excluding carboxylic acids is 2. The smallest absolute Gasteiger partial charge is 0.273 e. The molecule has 1 saturated heterocycles. The van der Waals surface area contributed by atoms with Gasteiger partial charge >= 0.3 is 0 Å². The lowest BCUT2D eigenvalue weighted by Gasteiger charge is -2.33. The number of nitrogens with zero attached hydrogens (tertiary/aromatic N) is 2. The molecule has 0 saturated carbocycles. The first-order valence-electron chi connectivity index (χ1n) is 5.94. The minimum Gasteiger partial charge on any atom is -0.389 e. The minimum absolute atomic E-state index is 0.103. The van der Waals surface area contributed by atoms with Gasteiger partial charge in [-0.3, -0.25) is 14.6 Å². The highest BCUT2D eigenvalue weighted by molar-refractivity contribution is 7.80. The van der Waals surface area contributed by atoms with Gasteiger partial charge in [0, 0.05) is 18.3 Å². The second-order valence-corrected chi connectivity index (χ2v) is 4.73. The fourth-order valence-electron chi connectivity index (χ4n) is 1.90. The van der Waals surface area contributed by atoms with E-state index >= 15 is 0 Å². The Kier molecular flexibility index (Phi) is 4.26. The number of thiocarbonyl (C=S) groups is 1. The Morgan fingerprint density at radius 2 is 2.15 bits per heavy atom. The van der Waals surface area contributed by atoms with E-state index in [-0.39, 0.29) is 23.2 Å². The Morgan fingerprint density at radius 3 is 2.70 bits per heavy atom. The van der Waals surface area contributed by atoms with Crippen LogP contribution in [0.25, 0.3) is 0 Å². The van der Waals surface area contributed by atoms with Crippen LogP contribution in [0.5, 0.6) is 0 Å². The van der Waals surface area contributed by atoms with Crippen molar-refractivity contribution in [3.63, 3.8) is 0 Å². The third-order valence-electron chi connectivity index (χ3n) is 2.98. The van der Waals surface area contributed by atoms with E-state index in [2.05, 4.69) is 4.98 Å². The van der Waals surface area contributed by atoms with E-state index in [1.807, 2.05) is 0 Å². The molecule has 20 heavy (non-hydrogen) atoms. The number of carbonyl (C=O) groups is 2. The van der Waals surface area contributed by atoms with Crippen LogP contribution in [-0.4, -0.2) is 52.5 Å². The standard InChI is InChI=1S/C12H14N4O3S/c13-10(17)9-6-19-4-3-16(9)12(18)8-2-1-7(5-15-8)11(14)20/h1-2,5,9H,3-4,6H2,(H2,13,17)(H2,14,20). The Labute approximate surface area is 120 Å². The third kappa shape index (κ3) is 2.91. The van der Waals surface area contributed by atoms with Crippen molar-refractivity contribution in [1.29, 1.82) is 0 Å². The van der Waals surface area contributed by atoms with Crippen LogP contribution in [0, 0.1) is 0 Å². The van der Waals surface area contributed by atoms with E-state index < -0.39 is 11.9 Å². The van der Waals surface area contributed by atoms with E-state index in [0.29, 0.717) is 18.7 Å². The minimum atomic E-state index is -0.770. The zero-order valence-corrected chi connectivity index (χ0v) is 11.4. The van der Waals surface area contributed by atoms with Gasteiger partial charge in [-0.05, 0) is 12.1 Å². The van der Waals surface area contributed by atoms with Gasteiger partial charge < -0.3 is 21.1 Å². The number of ether oxygens (including phenoxy) is 1. The second-order valence-electron chi connectivity index (χ2n) is 4.29. The number of hydrogen-bond donors (Lipinski definition) is 2. The fraction of sp³-hybridized carbons (Fsp3) is 0.333. The maximum Gasteiger partial charge on any atom is 0.273 e. The summed E-state index contributed by atoms with van der Waals surface area (Å²) in [5.74, 6) is -0.968. The molecule has 1 atom stereocenters. The average molecular weight is 294 g/mol. The second kappa shape index (κ2) is 5.93. The van der Waals surface area contributed by atoms with Crippen LogP contribution < -0.4 is 11.5 Å². The van der Waals surface area contributed by atoms with Gasteiger partial charge in [0.15, 0.2) is 0 Å². The van der Waals surface area contributed by atoms with Gasteiger partial charge in [0.25, 0.3) is 5.91 Å². The lowest BCUT2D eigenvalue weighted by Crippen LogP contribution is -2.54. The highest BCUT2D eigenvalue weighted by atomic mass is 32.1. The van der Waals surface area contributed by atoms with Crippen LogP contribution in [0.15, 0.2) is 18.3 Å². The van der Waals surface area contributed by atoms with Gasteiger partial charge in [0.05, 0.1) is 13.2 Å². The molecular weight excluding hydrogens is 280 g/mol. The average Bonchev–Trinajstić information content (AvgIpc) is 2.46. The van der Waals surface area contributed by atoms with E-state index in [1.165, 1.54) is 17.2 Å². The molecule has 2 heterocycles. The van der Waals surface area contributed by atoms with E-state index in [4.69, 9.17) is 28.4 Å². The third-order valence-corrected chi connectivity index (χ3v) is 3.22.